The first-order valence-corrected chi connectivity index (χ1v) is 7.06. The van der Waals surface area contributed by atoms with E-state index in [0.717, 1.165) is 0 Å². The molecule has 1 unspecified atom stereocenters. The largest absolute Gasteiger partial charge is 0.324 e. The van der Waals surface area contributed by atoms with Gasteiger partial charge in [0.2, 0.25) is 0 Å². The van der Waals surface area contributed by atoms with Gasteiger partial charge < -0.3 is 5.32 Å². The highest BCUT2D eigenvalue weighted by Gasteiger charge is 2.24. The molecule has 3 aromatic rings. The third-order valence-electron chi connectivity index (χ3n) is 3.18. The number of rotatable bonds is 4. The lowest BCUT2D eigenvalue weighted by atomic mass is 10.1. The summed E-state index contributed by atoms with van der Waals surface area (Å²) < 4.78 is 14.6. The number of nitrogens with zero attached hydrogens (tertiary/aromatic N) is 4. The van der Waals surface area contributed by atoms with E-state index in [9.17, 15) is 9.18 Å². The molecule has 0 radical (unpaired) electrons. The Morgan fingerprint density at radius 2 is 2.00 bits per heavy atom. The van der Waals surface area contributed by atoms with Gasteiger partial charge in [-0.3, -0.25) is 4.79 Å². The number of aromatic nitrogens is 4. The Morgan fingerprint density at radius 1 is 1.22 bits per heavy atom. The normalized spacial score (nSPS) is 11.9. The van der Waals surface area contributed by atoms with E-state index in [1.807, 2.05) is 18.2 Å². The molecule has 8 heteroatoms. The SMILES string of the molecule is O=C(Nc1ccc(F)c(Cl)c1)C(c1ccccc1)n1cnnn1. The third kappa shape index (κ3) is 3.35. The van der Waals surface area contributed by atoms with Crippen molar-refractivity contribution in [1.82, 2.24) is 20.2 Å². The molecule has 23 heavy (non-hydrogen) atoms. The average molecular weight is 332 g/mol. The summed E-state index contributed by atoms with van der Waals surface area (Å²) in [5.74, 6) is -0.920. The fourth-order valence-electron chi connectivity index (χ4n) is 2.13. The summed E-state index contributed by atoms with van der Waals surface area (Å²) >= 11 is 5.73. The topological polar surface area (TPSA) is 72.7 Å². The van der Waals surface area contributed by atoms with E-state index in [1.54, 1.807) is 12.1 Å². The second-order valence-electron chi connectivity index (χ2n) is 4.72. The molecule has 0 aliphatic carbocycles. The number of tetrazole rings is 1. The van der Waals surface area contributed by atoms with Gasteiger partial charge in [-0.1, -0.05) is 41.9 Å². The van der Waals surface area contributed by atoms with Crippen LogP contribution in [0.5, 0.6) is 0 Å². The summed E-state index contributed by atoms with van der Waals surface area (Å²) in [7, 11) is 0. The van der Waals surface area contributed by atoms with Crippen molar-refractivity contribution in [3.63, 3.8) is 0 Å². The summed E-state index contributed by atoms with van der Waals surface area (Å²) in [5, 5.41) is 13.5. The Balaban J connectivity index is 1.90. The van der Waals surface area contributed by atoms with Gasteiger partial charge in [-0.05, 0) is 34.2 Å². The van der Waals surface area contributed by atoms with Gasteiger partial charge in [0.25, 0.3) is 5.91 Å². The van der Waals surface area contributed by atoms with Gasteiger partial charge in [-0.25, -0.2) is 9.07 Å². The van der Waals surface area contributed by atoms with Crippen molar-refractivity contribution in [2.24, 2.45) is 0 Å². The summed E-state index contributed by atoms with van der Waals surface area (Å²) in [6, 6.07) is 12.3. The third-order valence-corrected chi connectivity index (χ3v) is 3.47. The first-order chi connectivity index (χ1) is 11.1. The van der Waals surface area contributed by atoms with E-state index in [1.165, 1.54) is 29.2 Å². The minimum Gasteiger partial charge on any atom is -0.324 e. The molecule has 0 saturated carbocycles. The number of nitrogens with one attached hydrogen (secondary N) is 1. The molecule has 1 heterocycles. The van der Waals surface area contributed by atoms with E-state index in [-0.39, 0.29) is 10.9 Å². The number of amides is 1. The maximum absolute atomic E-state index is 13.2. The van der Waals surface area contributed by atoms with Crippen LogP contribution in [0.15, 0.2) is 54.9 Å². The van der Waals surface area contributed by atoms with Crippen LogP contribution in [0, 0.1) is 5.82 Å². The predicted octanol–water partition coefficient (Wildman–Crippen LogP) is 2.69. The van der Waals surface area contributed by atoms with Gasteiger partial charge >= 0.3 is 0 Å². The highest BCUT2D eigenvalue weighted by molar-refractivity contribution is 6.31. The van der Waals surface area contributed by atoms with Crippen LogP contribution in [0.3, 0.4) is 0 Å². The molecular formula is C15H11ClFN5O. The van der Waals surface area contributed by atoms with Crippen LogP contribution in [0.1, 0.15) is 11.6 Å². The number of benzene rings is 2. The minimum atomic E-state index is -0.755. The summed E-state index contributed by atoms with van der Waals surface area (Å²) in [4.78, 5) is 12.6. The maximum atomic E-state index is 13.2. The molecule has 1 aromatic heterocycles. The van der Waals surface area contributed by atoms with Crippen molar-refractivity contribution in [3.8, 4) is 0 Å². The zero-order valence-electron chi connectivity index (χ0n) is 11.7. The number of anilines is 1. The van der Waals surface area contributed by atoms with Crippen LogP contribution in [-0.4, -0.2) is 26.1 Å². The summed E-state index contributed by atoms with van der Waals surface area (Å²) in [5.41, 5.74) is 1.10. The first kappa shape index (κ1) is 15.1. The molecule has 0 aliphatic heterocycles. The molecule has 1 amide bonds. The smallest absolute Gasteiger partial charge is 0.253 e. The molecule has 2 aromatic carbocycles. The molecule has 0 saturated heterocycles. The molecule has 3 rings (SSSR count). The van der Waals surface area contributed by atoms with Gasteiger partial charge in [0.15, 0.2) is 6.04 Å². The average Bonchev–Trinajstić information content (AvgIpc) is 3.06. The van der Waals surface area contributed by atoms with Crippen molar-refractivity contribution in [3.05, 3.63) is 71.3 Å². The van der Waals surface area contributed by atoms with Gasteiger partial charge in [0.1, 0.15) is 12.1 Å². The van der Waals surface area contributed by atoms with Crippen LogP contribution in [0.4, 0.5) is 10.1 Å². The Labute approximate surface area is 135 Å². The monoisotopic (exact) mass is 331 g/mol. The number of halogens is 2. The van der Waals surface area contributed by atoms with Crippen LogP contribution < -0.4 is 5.32 Å². The number of hydrogen-bond donors (Lipinski definition) is 1. The maximum Gasteiger partial charge on any atom is 0.253 e. The lowest BCUT2D eigenvalue weighted by Crippen LogP contribution is -2.27. The van der Waals surface area contributed by atoms with Crippen molar-refractivity contribution >= 4 is 23.2 Å². The van der Waals surface area contributed by atoms with Crippen LogP contribution in [0.25, 0.3) is 0 Å². The molecule has 0 fully saturated rings. The Kier molecular flexibility index (Phi) is 4.29. The molecule has 0 bridgehead atoms. The highest BCUT2D eigenvalue weighted by Crippen LogP contribution is 2.22. The molecule has 1 N–H and O–H groups in total. The molecular weight excluding hydrogens is 321 g/mol. The van der Waals surface area contributed by atoms with Crippen LogP contribution in [-0.2, 0) is 4.79 Å². The summed E-state index contributed by atoms with van der Waals surface area (Å²) in [6.45, 7) is 0. The molecule has 1 atom stereocenters. The number of carbonyl (C=O) groups excluding carboxylic acids is 1. The van der Waals surface area contributed by atoms with Crippen LogP contribution in [0.2, 0.25) is 5.02 Å². The van der Waals surface area contributed by atoms with Gasteiger partial charge in [-0.2, -0.15) is 0 Å². The van der Waals surface area contributed by atoms with Crippen LogP contribution >= 0.6 is 11.6 Å². The Morgan fingerprint density at radius 3 is 2.65 bits per heavy atom. The number of carbonyl (C=O) groups is 1. The molecule has 6 nitrogen and oxygen atoms in total. The standard InChI is InChI=1S/C15H11ClFN5O/c16-12-8-11(6-7-13(12)17)19-15(23)14(22-9-18-20-21-22)10-4-2-1-3-5-10/h1-9,14H,(H,19,23). The van der Waals surface area contributed by atoms with Crippen molar-refractivity contribution in [1.29, 1.82) is 0 Å². The zero-order chi connectivity index (χ0) is 16.2. The second kappa shape index (κ2) is 6.53. The zero-order valence-corrected chi connectivity index (χ0v) is 12.5. The Bertz CT molecular complexity index is 810. The van der Waals surface area contributed by atoms with Gasteiger partial charge in [-0.15, -0.1) is 5.10 Å². The quantitative estimate of drug-likeness (QED) is 0.797. The second-order valence-corrected chi connectivity index (χ2v) is 5.13. The van der Waals surface area contributed by atoms with Gasteiger partial charge in [0, 0.05) is 5.69 Å². The minimum absolute atomic E-state index is 0.0681. The van der Waals surface area contributed by atoms with E-state index < -0.39 is 11.9 Å². The molecule has 0 spiro atoms. The fourth-order valence-corrected chi connectivity index (χ4v) is 2.31. The van der Waals surface area contributed by atoms with Crippen molar-refractivity contribution in [2.75, 3.05) is 5.32 Å². The Hall–Kier alpha value is -2.80. The van der Waals surface area contributed by atoms with E-state index >= 15 is 0 Å². The van der Waals surface area contributed by atoms with Gasteiger partial charge in [0.05, 0.1) is 5.02 Å². The number of hydrogen-bond acceptors (Lipinski definition) is 4. The fraction of sp³-hybridized carbons (Fsp3) is 0.0667. The van der Waals surface area contributed by atoms with Crippen molar-refractivity contribution in [2.45, 2.75) is 6.04 Å². The predicted molar refractivity (Wildman–Crippen MR) is 82.4 cm³/mol. The highest BCUT2D eigenvalue weighted by atomic mass is 35.5. The van der Waals surface area contributed by atoms with E-state index in [0.29, 0.717) is 11.3 Å². The molecule has 116 valence electrons. The lowest BCUT2D eigenvalue weighted by molar-refractivity contribution is -0.118. The summed E-state index contributed by atoms with van der Waals surface area (Å²) in [6.07, 6.45) is 1.36. The van der Waals surface area contributed by atoms with Crippen molar-refractivity contribution < 1.29 is 9.18 Å². The lowest BCUT2D eigenvalue weighted by Gasteiger charge is -2.16. The molecule has 0 aliphatic rings. The first-order valence-electron chi connectivity index (χ1n) is 6.68. The van der Waals surface area contributed by atoms with E-state index in [4.69, 9.17) is 11.6 Å². The van der Waals surface area contributed by atoms with E-state index in [2.05, 4.69) is 20.8 Å².